The minimum Gasteiger partial charge on any atom is -0.359 e. The number of piperidine rings is 1. The average molecular weight is 267 g/mol. The summed E-state index contributed by atoms with van der Waals surface area (Å²) in [5.41, 5.74) is 0. The molecule has 0 aliphatic carbocycles. The zero-order chi connectivity index (χ0) is 13.8. The van der Waals surface area contributed by atoms with E-state index in [4.69, 9.17) is 0 Å². The van der Waals surface area contributed by atoms with Crippen LogP contribution in [-0.2, 0) is 9.59 Å². The van der Waals surface area contributed by atoms with E-state index in [0.29, 0.717) is 18.2 Å². The highest BCUT2D eigenvalue weighted by Crippen LogP contribution is 2.23. The lowest BCUT2D eigenvalue weighted by Crippen LogP contribution is -2.47. The third-order valence-corrected chi connectivity index (χ3v) is 4.48. The van der Waals surface area contributed by atoms with Crippen molar-refractivity contribution >= 4 is 11.8 Å². The number of likely N-dealkylation sites (tertiary alicyclic amines) is 2. The number of hydrogen-bond acceptors (Lipinski definition) is 3. The molecule has 1 atom stereocenters. The van der Waals surface area contributed by atoms with Gasteiger partial charge in [-0.2, -0.15) is 0 Å². The van der Waals surface area contributed by atoms with Crippen molar-refractivity contribution in [2.75, 3.05) is 33.7 Å². The molecule has 108 valence electrons. The molecule has 0 unspecified atom stereocenters. The van der Waals surface area contributed by atoms with Crippen LogP contribution in [0.15, 0.2) is 0 Å². The largest absolute Gasteiger partial charge is 0.359 e. The Bertz CT molecular complexity index is 338. The molecular weight excluding hydrogens is 242 g/mol. The molecule has 2 heterocycles. The Kier molecular flexibility index (Phi) is 4.80. The lowest BCUT2D eigenvalue weighted by atomic mass is 9.93. The van der Waals surface area contributed by atoms with Gasteiger partial charge in [-0.3, -0.25) is 14.5 Å². The summed E-state index contributed by atoms with van der Waals surface area (Å²) in [4.78, 5) is 27.9. The summed E-state index contributed by atoms with van der Waals surface area (Å²) in [5.74, 6) is 0.837. The minimum atomic E-state index is 0.0930. The second kappa shape index (κ2) is 6.37. The molecule has 5 nitrogen and oxygen atoms in total. The molecule has 0 aromatic rings. The molecule has 0 aromatic carbocycles. The summed E-state index contributed by atoms with van der Waals surface area (Å²) in [5, 5.41) is 2.67. The lowest BCUT2D eigenvalue weighted by Gasteiger charge is -2.34. The second-order valence-electron chi connectivity index (χ2n) is 5.78. The molecule has 2 fully saturated rings. The van der Waals surface area contributed by atoms with Crippen molar-refractivity contribution in [2.45, 2.75) is 38.1 Å². The zero-order valence-corrected chi connectivity index (χ0v) is 12.0. The molecule has 0 saturated carbocycles. The van der Waals surface area contributed by atoms with Crippen molar-refractivity contribution in [3.8, 4) is 0 Å². The van der Waals surface area contributed by atoms with Crippen molar-refractivity contribution in [1.82, 2.24) is 15.1 Å². The summed E-state index contributed by atoms with van der Waals surface area (Å²) in [6.07, 6.45) is 4.63. The summed E-state index contributed by atoms with van der Waals surface area (Å²) in [6.45, 7) is 2.65. The van der Waals surface area contributed by atoms with Crippen molar-refractivity contribution in [1.29, 1.82) is 0 Å². The molecule has 5 heteroatoms. The first-order valence-electron chi connectivity index (χ1n) is 7.31. The van der Waals surface area contributed by atoms with E-state index in [-0.39, 0.29) is 11.9 Å². The molecule has 2 saturated heterocycles. The van der Waals surface area contributed by atoms with E-state index >= 15 is 0 Å². The van der Waals surface area contributed by atoms with E-state index < -0.39 is 0 Å². The Morgan fingerprint density at radius 1 is 1.16 bits per heavy atom. The molecule has 19 heavy (non-hydrogen) atoms. The van der Waals surface area contributed by atoms with Gasteiger partial charge >= 0.3 is 0 Å². The van der Waals surface area contributed by atoms with Crippen molar-refractivity contribution in [3.63, 3.8) is 0 Å². The molecule has 0 spiro atoms. The number of nitrogens with zero attached hydrogens (tertiary/aromatic N) is 2. The quantitative estimate of drug-likeness (QED) is 0.808. The minimum absolute atomic E-state index is 0.0930. The van der Waals surface area contributed by atoms with Crippen LogP contribution in [0.3, 0.4) is 0 Å². The number of likely N-dealkylation sites (N-methyl/N-ethyl adjacent to an activating group) is 1. The SMILES string of the molecule is CNC(=O)CC1CCN(C(=O)[C@@H]2CCCN2C)CC1. The van der Waals surface area contributed by atoms with Gasteiger partial charge < -0.3 is 10.2 Å². The molecule has 2 rings (SSSR count). The smallest absolute Gasteiger partial charge is 0.239 e. The number of carbonyl (C=O) groups excluding carboxylic acids is 2. The topological polar surface area (TPSA) is 52.7 Å². The van der Waals surface area contributed by atoms with Gasteiger partial charge in [-0.15, -0.1) is 0 Å². The Hall–Kier alpha value is -1.10. The van der Waals surface area contributed by atoms with Crippen molar-refractivity contribution in [3.05, 3.63) is 0 Å². The van der Waals surface area contributed by atoms with Crippen LogP contribution in [0, 0.1) is 5.92 Å². The summed E-state index contributed by atoms with van der Waals surface area (Å²) in [7, 11) is 3.71. The van der Waals surface area contributed by atoms with E-state index in [9.17, 15) is 9.59 Å². The average Bonchev–Trinajstić information content (AvgIpc) is 2.85. The summed E-state index contributed by atoms with van der Waals surface area (Å²) in [6, 6.07) is 0.0930. The number of amides is 2. The number of hydrogen-bond donors (Lipinski definition) is 1. The van der Waals surface area contributed by atoms with Gasteiger partial charge in [-0.1, -0.05) is 0 Å². The van der Waals surface area contributed by atoms with E-state index in [2.05, 4.69) is 10.2 Å². The highest BCUT2D eigenvalue weighted by atomic mass is 16.2. The fourth-order valence-electron chi connectivity index (χ4n) is 3.15. The third kappa shape index (κ3) is 3.47. The zero-order valence-electron chi connectivity index (χ0n) is 12.0. The van der Waals surface area contributed by atoms with Crippen molar-refractivity contribution < 1.29 is 9.59 Å². The van der Waals surface area contributed by atoms with Gasteiger partial charge in [0.1, 0.15) is 0 Å². The summed E-state index contributed by atoms with van der Waals surface area (Å²) < 4.78 is 0. The first kappa shape index (κ1) is 14.3. The van der Waals surface area contributed by atoms with Crippen LogP contribution in [0.1, 0.15) is 32.1 Å². The second-order valence-corrected chi connectivity index (χ2v) is 5.78. The van der Waals surface area contributed by atoms with E-state index in [1.807, 2.05) is 11.9 Å². The van der Waals surface area contributed by atoms with Gasteiger partial charge in [-0.05, 0) is 45.2 Å². The lowest BCUT2D eigenvalue weighted by molar-refractivity contribution is -0.137. The fraction of sp³-hybridized carbons (Fsp3) is 0.857. The maximum absolute atomic E-state index is 12.4. The number of nitrogens with one attached hydrogen (secondary N) is 1. The Labute approximate surface area is 115 Å². The number of carbonyl (C=O) groups is 2. The van der Waals surface area contributed by atoms with Crippen LogP contribution in [0.5, 0.6) is 0 Å². The fourth-order valence-corrected chi connectivity index (χ4v) is 3.15. The molecular formula is C14H25N3O2. The van der Waals surface area contributed by atoms with Gasteiger partial charge in [0.15, 0.2) is 0 Å². The van der Waals surface area contributed by atoms with Gasteiger partial charge in [-0.25, -0.2) is 0 Å². The summed E-state index contributed by atoms with van der Waals surface area (Å²) >= 11 is 0. The van der Waals surface area contributed by atoms with Gasteiger partial charge in [0, 0.05) is 26.6 Å². The van der Waals surface area contributed by atoms with Crippen LogP contribution in [0.4, 0.5) is 0 Å². The Balaban J connectivity index is 1.79. The predicted octanol–water partition coefficient (Wildman–Crippen LogP) is 0.455. The normalized spacial score (nSPS) is 25.6. The molecule has 2 amide bonds. The van der Waals surface area contributed by atoms with E-state index in [1.54, 1.807) is 7.05 Å². The Morgan fingerprint density at radius 2 is 1.84 bits per heavy atom. The molecule has 0 radical (unpaired) electrons. The van der Waals surface area contributed by atoms with E-state index in [1.165, 1.54) is 0 Å². The number of rotatable bonds is 3. The molecule has 0 bridgehead atoms. The first-order chi connectivity index (χ1) is 9.11. The monoisotopic (exact) mass is 267 g/mol. The van der Waals surface area contributed by atoms with Crippen LogP contribution >= 0.6 is 0 Å². The van der Waals surface area contributed by atoms with Gasteiger partial charge in [0.25, 0.3) is 0 Å². The van der Waals surface area contributed by atoms with Crippen molar-refractivity contribution in [2.24, 2.45) is 5.92 Å². The van der Waals surface area contributed by atoms with Crippen LogP contribution in [-0.4, -0.2) is 61.4 Å². The predicted molar refractivity (Wildman–Crippen MR) is 73.6 cm³/mol. The molecule has 2 aliphatic rings. The highest BCUT2D eigenvalue weighted by Gasteiger charge is 2.33. The van der Waals surface area contributed by atoms with Crippen LogP contribution in [0.2, 0.25) is 0 Å². The maximum Gasteiger partial charge on any atom is 0.239 e. The first-order valence-corrected chi connectivity index (χ1v) is 7.31. The third-order valence-electron chi connectivity index (χ3n) is 4.48. The molecule has 1 N–H and O–H groups in total. The molecule has 2 aliphatic heterocycles. The highest BCUT2D eigenvalue weighted by molar-refractivity contribution is 5.82. The van der Waals surface area contributed by atoms with Gasteiger partial charge in [0.05, 0.1) is 6.04 Å². The van der Waals surface area contributed by atoms with E-state index in [0.717, 1.165) is 45.3 Å². The Morgan fingerprint density at radius 3 is 2.37 bits per heavy atom. The van der Waals surface area contributed by atoms with Crippen LogP contribution < -0.4 is 5.32 Å². The maximum atomic E-state index is 12.4. The van der Waals surface area contributed by atoms with Crippen LogP contribution in [0.25, 0.3) is 0 Å². The molecule has 0 aromatic heterocycles. The van der Waals surface area contributed by atoms with Gasteiger partial charge in [0.2, 0.25) is 11.8 Å². The standard InChI is InChI=1S/C14H25N3O2/c1-15-13(18)10-11-5-8-17(9-6-11)14(19)12-4-3-7-16(12)2/h11-12H,3-10H2,1-2H3,(H,15,18)/t12-/m0/s1.